The van der Waals surface area contributed by atoms with Crippen molar-refractivity contribution in [3.63, 3.8) is 0 Å². The second kappa shape index (κ2) is 3.93. The van der Waals surface area contributed by atoms with E-state index in [1.165, 1.54) is 6.92 Å². The van der Waals surface area contributed by atoms with Gasteiger partial charge in [-0.05, 0) is 0 Å². The van der Waals surface area contributed by atoms with E-state index >= 15 is 0 Å². The van der Waals surface area contributed by atoms with E-state index in [0.29, 0.717) is 5.75 Å². The van der Waals surface area contributed by atoms with E-state index < -0.39 is 23.6 Å². The molecule has 3 N–H and O–H groups in total. The molecule has 0 saturated carbocycles. The maximum Gasteiger partial charge on any atom is 0.508 e. The molecule has 1 fully saturated rings. The monoisotopic (exact) mass is 223 g/mol. The highest BCUT2D eigenvalue weighted by Gasteiger charge is 2.40. The Morgan fingerprint density at radius 3 is 2.64 bits per heavy atom. The molecule has 7 nitrogen and oxygen atoms in total. The normalized spacial score (nSPS) is 31.1. The first-order chi connectivity index (χ1) is 6.41. The molecule has 0 aliphatic carbocycles. The fourth-order valence-corrected chi connectivity index (χ4v) is 1.99. The topological polar surface area (TPSA) is 105 Å². The lowest BCUT2D eigenvalue weighted by Gasteiger charge is -2.22. The molecule has 0 aromatic rings. The highest BCUT2D eigenvalue weighted by Crippen LogP contribution is 2.31. The van der Waals surface area contributed by atoms with Gasteiger partial charge in [0.05, 0.1) is 0 Å². The van der Waals surface area contributed by atoms with Crippen molar-refractivity contribution in [2.75, 3.05) is 5.75 Å². The predicted octanol–water partition coefficient (Wildman–Crippen LogP) is 0.712. The van der Waals surface area contributed by atoms with Crippen molar-refractivity contribution in [1.29, 1.82) is 0 Å². The van der Waals surface area contributed by atoms with E-state index in [9.17, 15) is 9.59 Å². The van der Waals surface area contributed by atoms with E-state index in [0.717, 1.165) is 11.8 Å². The van der Waals surface area contributed by atoms with Crippen LogP contribution in [0.2, 0.25) is 0 Å². The SMILES string of the molecule is CC1(OC(=O)O)NC(OC(=O)O)CS1. The van der Waals surface area contributed by atoms with Crippen molar-refractivity contribution in [3.8, 4) is 0 Å². The van der Waals surface area contributed by atoms with Crippen LogP contribution < -0.4 is 5.32 Å². The molecule has 8 heteroatoms. The van der Waals surface area contributed by atoms with E-state index in [4.69, 9.17) is 10.2 Å². The summed E-state index contributed by atoms with van der Waals surface area (Å²) in [4.78, 5) is 20.4. The maximum atomic E-state index is 10.3. The molecule has 2 unspecified atom stereocenters. The Hall–Kier alpha value is -1.15. The zero-order chi connectivity index (χ0) is 10.8. The summed E-state index contributed by atoms with van der Waals surface area (Å²) in [6.07, 6.45) is -3.59. The van der Waals surface area contributed by atoms with E-state index in [1.807, 2.05) is 0 Å². The average Bonchev–Trinajstić information content (AvgIpc) is 2.28. The molecule has 0 aromatic carbocycles. The van der Waals surface area contributed by atoms with Gasteiger partial charge in [-0.15, -0.1) is 0 Å². The summed E-state index contributed by atoms with van der Waals surface area (Å²) in [5, 5.41) is 18.1. The first-order valence-corrected chi connectivity index (χ1v) is 4.63. The quantitative estimate of drug-likeness (QED) is 0.588. The summed E-state index contributed by atoms with van der Waals surface area (Å²) < 4.78 is 8.91. The fraction of sp³-hybridized carbons (Fsp3) is 0.667. The van der Waals surface area contributed by atoms with E-state index in [-0.39, 0.29) is 0 Å². The maximum absolute atomic E-state index is 10.3. The van der Waals surface area contributed by atoms with Crippen LogP contribution in [0.15, 0.2) is 0 Å². The summed E-state index contributed by atoms with van der Waals surface area (Å²) in [7, 11) is 0. The zero-order valence-corrected chi connectivity index (χ0v) is 8.04. The Morgan fingerprint density at radius 1 is 1.50 bits per heavy atom. The van der Waals surface area contributed by atoms with Crippen LogP contribution in [0.25, 0.3) is 0 Å². The van der Waals surface area contributed by atoms with Gasteiger partial charge in [0.1, 0.15) is 0 Å². The molecule has 1 rings (SSSR count). The predicted molar refractivity (Wildman–Crippen MR) is 46.0 cm³/mol. The van der Waals surface area contributed by atoms with E-state index in [1.54, 1.807) is 0 Å². The Labute approximate surface area is 83.4 Å². The van der Waals surface area contributed by atoms with Gasteiger partial charge in [-0.2, -0.15) is 0 Å². The second-order valence-corrected chi connectivity index (χ2v) is 4.04. The molecule has 0 aromatic heterocycles. The largest absolute Gasteiger partial charge is 0.508 e. The Bertz CT molecular complexity index is 259. The summed E-state index contributed by atoms with van der Waals surface area (Å²) in [5.74, 6) is 0.302. The van der Waals surface area contributed by atoms with Crippen LogP contribution >= 0.6 is 11.8 Å². The minimum Gasteiger partial charge on any atom is -0.450 e. The van der Waals surface area contributed by atoms with Crippen molar-refractivity contribution in [2.24, 2.45) is 0 Å². The molecule has 1 saturated heterocycles. The second-order valence-electron chi connectivity index (χ2n) is 2.64. The van der Waals surface area contributed by atoms with E-state index in [2.05, 4.69) is 14.8 Å². The minimum atomic E-state index is -1.43. The Morgan fingerprint density at radius 2 is 2.14 bits per heavy atom. The van der Waals surface area contributed by atoms with Gasteiger partial charge in [0.2, 0.25) is 5.06 Å². The van der Waals surface area contributed by atoms with Gasteiger partial charge in [0.15, 0.2) is 6.23 Å². The summed E-state index contributed by atoms with van der Waals surface area (Å²) in [6.45, 7) is 1.48. The first kappa shape index (κ1) is 10.9. The van der Waals surface area contributed by atoms with Crippen LogP contribution in [0.1, 0.15) is 6.92 Å². The van der Waals surface area contributed by atoms with Crippen LogP contribution in [0.3, 0.4) is 0 Å². The molecular formula is C6H9NO6S. The molecule has 1 heterocycles. The van der Waals surface area contributed by atoms with Crippen molar-refractivity contribution in [2.45, 2.75) is 18.2 Å². The standard InChI is InChI=1S/C6H9NO6S/c1-6(13-5(10)11)7-3(2-14-6)12-4(8)9/h3,7H,2H2,1H3,(H,8,9)(H,10,11). The van der Waals surface area contributed by atoms with Crippen LogP contribution in [0.4, 0.5) is 9.59 Å². The van der Waals surface area contributed by atoms with Gasteiger partial charge >= 0.3 is 12.3 Å². The number of nitrogens with one attached hydrogen (secondary N) is 1. The number of carbonyl (C=O) groups is 2. The van der Waals surface area contributed by atoms with Gasteiger partial charge in [-0.25, -0.2) is 14.9 Å². The summed E-state index contributed by atoms with van der Waals surface area (Å²) >= 11 is 1.12. The number of hydrogen-bond acceptors (Lipinski definition) is 6. The van der Waals surface area contributed by atoms with Crippen LogP contribution in [0.5, 0.6) is 0 Å². The number of rotatable bonds is 2. The summed E-state index contributed by atoms with van der Waals surface area (Å²) in [6, 6.07) is 0. The number of carboxylic acid groups (broad SMARTS) is 2. The van der Waals surface area contributed by atoms with Gasteiger partial charge in [-0.1, -0.05) is 11.8 Å². The highest BCUT2D eigenvalue weighted by atomic mass is 32.2. The molecule has 0 bridgehead atoms. The first-order valence-electron chi connectivity index (χ1n) is 3.64. The third kappa shape index (κ3) is 2.96. The third-order valence-corrected chi connectivity index (χ3v) is 2.68. The third-order valence-electron chi connectivity index (χ3n) is 1.46. The smallest absolute Gasteiger partial charge is 0.450 e. The van der Waals surface area contributed by atoms with Gasteiger partial charge < -0.3 is 19.7 Å². The number of thioether (sulfide) groups is 1. The fourth-order valence-electron chi connectivity index (χ4n) is 1.02. The number of ether oxygens (including phenoxy) is 2. The van der Waals surface area contributed by atoms with Crippen LogP contribution in [-0.2, 0) is 9.47 Å². The average molecular weight is 223 g/mol. The lowest BCUT2D eigenvalue weighted by atomic mass is 10.5. The Kier molecular flexibility index (Phi) is 3.06. The van der Waals surface area contributed by atoms with Crippen molar-refractivity contribution in [3.05, 3.63) is 0 Å². The molecule has 14 heavy (non-hydrogen) atoms. The minimum absolute atomic E-state index is 0.302. The van der Waals surface area contributed by atoms with Gasteiger partial charge in [0, 0.05) is 12.7 Å². The lowest BCUT2D eigenvalue weighted by molar-refractivity contribution is -0.00891. The molecule has 0 radical (unpaired) electrons. The van der Waals surface area contributed by atoms with Crippen molar-refractivity contribution in [1.82, 2.24) is 5.32 Å². The van der Waals surface area contributed by atoms with Gasteiger partial charge in [-0.3, -0.25) is 0 Å². The lowest BCUT2D eigenvalue weighted by Crippen LogP contribution is -2.44. The van der Waals surface area contributed by atoms with Gasteiger partial charge in [0.25, 0.3) is 0 Å². The molecule has 1 aliphatic heterocycles. The summed E-state index contributed by atoms with van der Waals surface area (Å²) in [5.41, 5.74) is 0. The molecular weight excluding hydrogens is 214 g/mol. The molecule has 2 atom stereocenters. The highest BCUT2D eigenvalue weighted by molar-refractivity contribution is 8.00. The number of hydrogen-bond donors (Lipinski definition) is 3. The van der Waals surface area contributed by atoms with Crippen LogP contribution in [-0.4, -0.2) is 39.6 Å². The molecule has 80 valence electrons. The zero-order valence-electron chi connectivity index (χ0n) is 7.22. The molecule has 0 amide bonds. The molecule has 1 aliphatic rings. The van der Waals surface area contributed by atoms with Crippen molar-refractivity contribution < 1.29 is 29.3 Å². The van der Waals surface area contributed by atoms with Crippen LogP contribution in [0, 0.1) is 0 Å². The molecule has 0 spiro atoms. The van der Waals surface area contributed by atoms with Crippen molar-refractivity contribution >= 4 is 24.1 Å². The Balaban J connectivity index is 2.46.